The second kappa shape index (κ2) is 6.15. The van der Waals surface area contributed by atoms with E-state index in [1.807, 2.05) is 32.9 Å². The van der Waals surface area contributed by atoms with Gasteiger partial charge in [0, 0.05) is 11.8 Å². The molecule has 0 saturated carbocycles. The van der Waals surface area contributed by atoms with E-state index < -0.39 is 5.60 Å². The van der Waals surface area contributed by atoms with Gasteiger partial charge in [-0.1, -0.05) is 11.8 Å². The number of allylic oxidation sites excluding steroid dienone is 2. The molecule has 1 amide bonds. The van der Waals surface area contributed by atoms with E-state index >= 15 is 0 Å². The third-order valence-corrected chi connectivity index (χ3v) is 3.00. The fourth-order valence-corrected chi connectivity index (χ4v) is 2.07. The second-order valence-corrected chi connectivity index (χ2v) is 6.06. The first-order valence-electron chi connectivity index (χ1n) is 7.06. The summed E-state index contributed by atoms with van der Waals surface area (Å²) in [5.41, 5.74) is 0.457. The van der Waals surface area contributed by atoms with Crippen LogP contribution in [0.15, 0.2) is 23.9 Å². The van der Waals surface area contributed by atoms with Crippen LogP contribution in [0.5, 0.6) is 0 Å². The van der Waals surface area contributed by atoms with Crippen molar-refractivity contribution in [3.63, 3.8) is 0 Å². The highest BCUT2D eigenvalue weighted by molar-refractivity contribution is 5.70. The molecule has 1 fully saturated rings. The Hall–Kier alpha value is -1.73. The number of rotatable bonds is 0. The molecule has 0 unspecified atom stereocenters. The van der Waals surface area contributed by atoms with Crippen LogP contribution in [0.1, 0.15) is 33.6 Å². The molecule has 1 saturated heterocycles. The first kappa shape index (κ1) is 14.7. The summed E-state index contributed by atoms with van der Waals surface area (Å²) in [6.07, 6.45) is 7.46. The normalized spacial score (nSPS) is 22.1. The number of nitrogens with zero attached hydrogens (tertiary/aromatic N) is 1. The zero-order valence-electron chi connectivity index (χ0n) is 12.4. The van der Waals surface area contributed by atoms with Gasteiger partial charge in [0.05, 0.1) is 12.6 Å². The molecule has 1 N–H and O–H groups in total. The molecule has 0 spiro atoms. The molecule has 2 heterocycles. The van der Waals surface area contributed by atoms with Crippen LogP contribution >= 0.6 is 0 Å². The number of hydrogen-bond acceptors (Lipinski definition) is 3. The summed E-state index contributed by atoms with van der Waals surface area (Å²) in [7, 11) is 0. The second-order valence-electron chi connectivity index (χ2n) is 6.06. The van der Waals surface area contributed by atoms with Crippen molar-refractivity contribution in [1.82, 2.24) is 10.2 Å². The summed E-state index contributed by atoms with van der Waals surface area (Å²) in [6, 6.07) is 0.289. The zero-order valence-corrected chi connectivity index (χ0v) is 12.4. The van der Waals surface area contributed by atoms with Gasteiger partial charge in [-0.15, -0.1) is 0 Å². The van der Waals surface area contributed by atoms with Crippen LogP contribution < -0.4 is 5.32 Å². The minimum absolute atomic E-state index is 0.289. The van der Waals surface area contributed by atoms with Crippen LogP contribution in [0.3, 0.4) is 0 Å². The fourth-order valence-electron chi connectivity index (χ4n) is 2.07. The van der Waals surface area contributed by atoms with Gasteiger partial charge in [-0.2, -0.15) is 0 Å². The van der Waals surface area contributed by atoms with Crippen LogP contribution in [0, 0.1) is 11.8 Å². The molecular formula is C16H22N2O2. The molecule has 0 aromatic rings. The van der Waals surface area contributed by atoms with E-state index in [0.717, 1.165) is 18.5 Å². The lowest BCUT2D eigenvalue weighted by Crippen LogP contribution is -2.35. The van der Waals surface area contributed by atoms with E-state index in [9.17, 15) is 4.79 Å². The van der Waals surface area contributed by atoms with Crippen molar-refractivity contribution in [2.45, 2.75) is 45.3 Å². The summed E-state index contributed by atoms with van der Waals surface area (Å²) < 4.78 is 5.35. The van der Waals surface area contributed by atoms with E-state index in [0.29, 0.717) is 6.54 Å². The molecular weight excluding hydrogens is 252 g/mol. The van der Waals surface area contributed by atoms with Crippen LogP contribution in [0.25, 0.3) is 0 Å². The Morgan fingerprint density at radius 3 is 2.95 bits per heavy atom. The van der Waals surface area contributed by atoms with Crippen molar-refractivity contribution in [2.75, 3.05) is 13.1 Å². The molecule has 1 atom stereocenters. The van der Waals surface area contributed by atoms with Gasteiger partial charge in [-0.05, 0) is 52.3 Å². The van der Waals surface area contributed by atoms with E-state index in [2.05, 4.69) is 17.2 Å². The quantitative estimate of drug-likeness (QED) is 0.690. The molecule has 108 valence electrons. The molecule has 0 aromatic heterocycles. The highest BCUT2D eigenvalue weighted by atomic mass is 16.6. The highest BCUT2D eigenvalue weighted by Crippen LogP contribution is 2.14. The Balaban J connectivity index is 1.93. The van der Waals surface area contributed by atoms with Crippen LogP contribution in [0.2, 0.25) is 0 Å². The maximum Gasteiger partial charge on any atom is 0.414 e. The maximum absolute atomic E-state index is 12.0. The van der Waals surface area contributed by atoms with E-state index in [-0.39, 0.29) is 12.1 Å². The fraction of sp³-hybridized carbons (Fsp3) is 0.562. The first-order valence-corrected chi connectivity index (χ1v) is 7.06. The molecule has 0 aliphatic carbocycles. The van der Waals surface area contributed by atoms with Crippen LogP contribution in [0.4, 0.5) is 4.79 Å². The molecule has 4 nitrogen and oxygen atoms in total. The summed E-state index contributed by atoms with van der Waals surface area (Å²) in [5, 5.41) is 3.34. The average molecular weight is 274 g/mol. The van der Waals surface area contributed by atoms with Crippen molar-refractivity contribution in [1.29, 1.82) is 0 Å². The number of hydrogen-bond donors (Lipinski definition) is 1. The van der Waals surface area contributed by atoms with Crippen molar-refractivity contribution in [3.8, 4) is 11.8 Å². The Morgan fingerprint density at radius 1 is 1.50 bits per heavy atom. The standard InChI is InChI=1S/C16H22N2O2/c1-16(2,3)20-15(19)18-11-5-6-13(12-18)8-9-14-7-4-10-17-14/h5-6,11,14,17H,4,7,10,12H2,1-3H3/t14-/m0/s1. The molecule has 0 bridgehead atoms. The summed E-state index contributed by atoms with van der Waals surface area (Å²) in [4.78, 5) is 13.5. The first-order chi connectivity index (χ1) is 9.44. The maximum atomic E-state index is 12.0. The Kier molecular flexibility index (Phi) is 4.51. The van der Waals surface area contributed by atoms with Gasteiger partial charge >= 0.3 is 6.09 Å². The van der Waals surface area contributed by atoms with Crippen molar-refractivity contribution < 1.29 is 9.53 Å². The van der Waals surface area contributed by atoms with Gasteiger partial charge < -0.3 is 10.1 Å². The number of amides is 1. The van der Waals surface area contributed by atoms with Gasteiger partial charge in [0.25, 0.3) is 0 Å². The number of carbonyl (C=O) groups excluding carboxylic acids is 1. The minimum Gasteiger partial charge on any atom is -0.443 e. The van der Waals surface area contributed by atoms with Gasteiger partial charge in [0.1, 0.15) is 5.60 Å². The van der Waals surface area contributed by atoms with Gasteiger partial charge in [-0.25, -0.2) is 4.79 Å². The molecule has 4 heteroatoms. The minimum atomic E-state index is -0.480. The van der Waals surface area contributed by atoms with E-state index in [4.69, 9.17) is 4.74 Å². The molecule has 2 rings (SSSR count). The monoisotopic (exact) mass is 274 g/mol. The van der Waals surface area contributed by atoms with Crippen molar-refractivity contribution >= 4 is 6.09 Å². The van der Waals surface area contributed by atoms with Gasteiger partial charge in [-0.3, -0.25) is 4.90 Å². The SMILES string of the molecule is CC(C)(C)OC(=O)N1C=CC=C(C#C[C@@H]2CCCN2)C1. The summed E-state index contributed by atoms with van der Waals surface area (Å²) in [6.45, 7) is 7.11. The number of nitrogens with one attached hydrogen (secondary N) is 1. The Labute approximate surface area is 120 Å². The summed E-state index contributed by atoms with van der Waals surface area (Å²) in [5.74, 6) is 6.38. The average Bonchev–Trinajstić information content (AvgIpc) is 2.88. The smallest absolute Gasteiger partial charge is 0.414 e. The van der Waals surface area contributed by atoms with Crippen LogP contribution in [-0.4, -0.2) is 35.7 Å². The third kappa shape index (κ3) is 4.43. The van der Waals surface area contributed by atoms with E-state index in [1.54, 1.807) is 11.1 Å². The Bertz CT molecular complexity index is 483. The van der Waals surface area contributed by atoms with Crippen molar-refractivity contribution in [2.24, 2.45) is 0 Å². The predicted octanol–water partition coefficient (Wildman–Crippen LogP) is 2.43. The number of carbonyl (C=O) groups is 1. The topological polar surface area (TPSA) is 41.6 Å². The summed E-state index contributed by atoms with van der Waals surface area (Å²) >= 11 is 0. The predicted molar refractivity (Wildman–Crippen MR) is 79.0 cm³/mol. The molecule has 0 aromatic carbocycles. The lowest BCUT2D eigenvalue weighted by atomic mass is 10.1. The van der Waals surface area contributed by atoms with Crippen LogP contribution in [-0.2, 0) is 4.74 Å². The highest BCUT2D eigenvalue weighted by Gasteiger charge is 2.22. The lowest BCUT2D eigenvalue weighted by Gasteiger charge is -2.26. The van der Waals surface area contributed by atoms with Gasteiger partial charge in [0.2, 0.25) is 0 Å². The third-order valence-electron chi connectivity index (χ3n) is 3.00. The van der Waals surface area contributed by atoms with Gasteiger partial charge in [0.15, 0.2) is 0 Å². The molecule has 20 heavy (non-hydrogen) atoms. The molecule has 2 aliphatic heterocycles. The molecule has 2 aliphatic rings. The number of ether oxygens (including phenoxy) is 1. The zero-order chi connectivity index (χ0) is 14.6. The van der Waals surface area contributed by atoms with E-state index in [1.165, 1.54) is 6.42 Å². The Morgan fingerprint density at radius 2 is 2.30 bits per heavy atom. The lowest BCUT2D eigenvalue weighted by molar-refractivity contribution is 0.0348. The van der Waals surface area contributed by atoms with Crippen molar-refractivity contribution in [3.05, 3.63) is 23.9 Å². The molecule has 0 radical (unpaired) electrons. The largest absolute Gasteiger partial charge is 0.443 e.